The predicted molar refractivity (Wildman–Crippen MR) is 97.5 cm³/mol. The topological polar surface area (TPSA) is 84.4 Å². The summed E-state index contributed by atoms with van der Waals surface area (Å²) in [7, 11) is -3.35. The van der Waals surface area contributed by atoms with Gasteiger partial charge in [0.15, 0.2) is 9.84 Å². The Labute approximate surface area is 150 Å². The molecule has 1 atom stereocenters. The van der Waals surface area contributed by atoms with E-state index in [4.69, 9.17) is 4.74 Å². The van der Waals surface area contributed by atoms with Crippen molar-refractivity contribution in [1.82, 2.24) is 15.3 Å². The number of anilines is 1. The van der Waals surface area contributed by atoms with Gasteiger partial charge in [0.05, 0.1) is 30.2 Å². The van der Waals surface area contributed by atoms with Crippen LogP contribution in [-0.4, -0.2) is 62.5 Å². The van der Waals surface area contributed by atoms with Crippen molar-refractivity contribution in [2.45, 2.75) is 49.7 Å². The zero-order chi connectivity index (χ0) is 18.1. The van der Waals surface area contributed by atoms with Crippen LogP contribution in [0.2, 0.25) is 0 Å². The molecule has 3 rings (SSSR count). The molecule has 3 heterocycles. The number of nitrogens with one attached hydrogen (secondary N) is 1. The van der Waals surface area contributed by atoms with Gasteiger partial charge in [0.1, 0.15) is 16.9 Å². The summed E-state index contributed by atoms with van der Waals surface area (Å²) in [6.07, 6.45) is 2.59. The van der Waals surface area contributed by atoms with Gasteiger partial charge in [-0.3, -0.25) is 0 Å². The van der Waals surface area contributed by atoms with Crippen molar-refractivity contribution in [2.75, 3.05) is 37.7 Å². The predicted octanol–water partition coefficient (Wildman–Crippen LogP) is 1.10. The van der Waals surface area contributed by atoms with Crippen LogP contribution < -0.4 is 10.2 Å². The maximum Gasteiger partial charge on any atom is 0.164 e. The number of aromatic nitrogens is 2. The average Bonchev–Trinajstić information content (AvgIpc) is 2.62. The molecule has 0 aromatic carbocycles. The normalized spacial score (nSPS) is 24.5. The number of hydrogen-bond donors (Lipinski definition) is 1. The summed E-state index contributed by atoms with van der Waals surface area (Å²) in [5.41, 5.74) is 0.631. The maximum atomic E-state index is 13.2. The Balaban J connectivity index is 2.04. The smallest absolute Gasteiger partial charge is 0.164 e. The first-order chi connectivity index (χ1) is 11.9. The van der Waals surface area contributed by atoms with E-state index in [2.05, 4.69) is 27.1 Å². The Bertz CT molecular complexity index is 702. The minimum atomic E-state index is -3.35. The minimum absolute atomic E-state index is 0.210. The van der Waals surface area contributed by atoms with Gasteiger partial charge in [0, 0.05) is 12.6 Å². The van der Waals surface area contributed by atoms with Crippen molar-refractivity contribution in [2.24, 2.45) is 0 Å². The Hall–Kier alpha value is -1.25. The molecule has 140 valence electrons. The number of piperidine rings is 1. The summed E-state index contributed by atoms with van der Waals surface area (Å²) >= 11 is 0. The van der Waals surface area contributed by atoms with Crippen LogP contribution >= 0.6 is 0 Å². The summed E-state index contributed by atoms with van der Waals surface area (Å²) in [5, 5.41) is 2.83. The molecule has 0 aliphatic carbocycles. The van der Waals surface area contributed by atoms with Gasteiger partial charge >= 0.3 is 0 Å². The summed E-state index contributed by atoms with van der Waals surface area (Å²) in [4.78, 5) is 11.0. The highest BCUT2D eigenvalue weighted by atomic mass is 32.2. The molecule has 0 spiro atoms. The van der Waals surface area contributed by atoms with Crippen LogP contribution in [-0.2, 0) is 19.3 Å². The van der Waals surface area contributed by atoms with E-state index in [0.717, 1.165) is 12.4 Å². The Kier molecular flexibility index (Phi) is 5.31. The van der Waals surface area contributed by atoms with Crippen molar-refractivity contribution in [1.29, 1.82) is 0 Å². The van der Waals surface area contributed by atoms with Crippen LogP contribution in [0.4, 0.5) is 5.82 Å². The monoisotopic (exact) mass is 368 g/mol. The number of sulfone groups is 1. The molecule has 0 saturated carbocycles. The SMILES string of the molecule is CC(C)S(=O)(=O)C1(c2cc(N3CCOC[C@H]3C)ncn2)CCNCC1. The zero-order valence-electron chi connectivity index (χ0n) is 15.2. The molecule has 25 heavy (non-hydrogen) atoms. The molecular weight excluding hydrogens is 340 g/mol. The van der Waals surface area contributed by atoms with Gasteiger partial charge in [0.25, 0.3) is 0 Å². The number of morpholine rings is 1. The second kappa shape index (κ2) is 7.17. The molecule has 2 aliphatic rings. The second-order valence-electron chi connectivity index (χ2n) is 7.22. The average molecular weight is 369 g/mol. The third kappa shape index (κ3) is 3.27. The number of rotatable bonds is 4. The van der Waals surface area contributed by atoms with E-state index in [1.165, 1.54) is 6.33 Å². The van der Waals surface area contributed by atoms with Gasteiger partial charge in [0.2, 0.25) is 0 Å². The largest absolute Gasteiger partial charge is 0.377 e. The van der Waals surface area contributed by atoms with E-state index in [9.17, 15) is 8.42 Å². The Morgan fingerprint density at radius 1 is 1.32 bits per heavy atom. The fourth-order valence-corrected chi connectivity index (χ4v) is 5.87. The standard InChI is InChI=1S/C17H28N4O3S/c1-13(2)25(22,23)17(4-6-18-7-5-17)15-10-16(20-12-19-15)21-8-9-24-11-14(21)3/h10,12-14,18H,4-9,11H2,1-3H3/t14-/m1/s1. The lowest BCUT2D eigenvalue weighted by atomic mass is 9.93. The van der Waals surface area contributed by atoms with Crippen molar-refractivity contribution >= 4 is 15.7 Å². The van der Waals surface area contributed by atoms with Gasteiger partial charge in [-0.15, -0.1) is 0 Å². The summed E-state index contributed by atoms with van der Waals surface area (Å²) < 4.78 is 31.0. The molecule has 2 aliphatic heterocycles. The molecule has 0 unspecified atom stereocenters. The summed E-state index contributed by atoms with van der Waals surface area (Å²) in [5.74, 6) is 0.790. The first-order valence-electron chi connectivity index (χ1n) is 8.99. The van der Waals surface area contributed by atoms with Gasteiger partial charge in [-0.05, 0) is 46.7 Å². The van der Waals surface area contributed by atoms with Gasteiger partial charge < -0.3 is 15.0 Å². The molecule has 1 N–H and O–H groups in total. The molecule has 0 amide bonds. The highest BCUT2D eigenvalue weighted by molar-refractivity contribution is 7.92. The fourth-order valence-electron chi connectivity index (χ4n) is 3.79. The highest BCUT2D eigenvalue weighted by Gasteiger charge is 2.48. The van der Waals surface area contributed by atoms with Crippen molar-refractivity contribution in [3.8, 4) is 0 Å². The van der Waals surface area contributed by atoms with E-state index in [-0.39, 0.29) is 6.04 Å². The summed E-state index contributed by atoms with van der Waals surface area (Å²) in [6, 6.07) is 2.09. The quantitative estimate of drug-likeness (QED) is 0.852. The molecule has 1 aromatic heterocycles. The van der Waals surface area contributed by atoms with E-state index >= 15 is 0 Å². The lowest BCUT2D eigenvalue weighted by Crippen LogP contribution is -2.49. The molecule has 2 fully saturated rings. The Morgan fingerprint density at radius 3 is 2.68 bits per heavy atom. The van der Waals surface area contributed by atoms with Crippen molar-refractivity contribution in [3.63, 3.8) is 0 Å². The van der Waals surface area contributed by atoms with E-state index in [1.807, 2.05) is 6.07 Å². The van der Waals surface area contributed by atoms with Gasteiger partial charge in [-0.2, -0.15) is 0 Å². The molecule has 7 nitrogen and oxygen atoms in total. The van der Waals surface area contributed by atoms with Crippen LogP contribution in [0, 0.1) is 0 Å². The van der Waals surface area contributed by atoms with Crippen LogP contribution in [0.3, 0.4) is 0 Å². The molecule has 0 radical (unpaired) electrons. The maximum absolute atomic E-state index is 13.2. The van der Waals surface area contributed by atoms with E-state index in [0.29, 0.717) is 44.8 Å². The molecule has 0 bridgehead atoms. The Morgan fingerprint density at radius 2 is 2.04 bits per heavy atom. The number of nitrogens with zero attached hydrogens (tertiary/aromatic N) is 3. The first-order valence-corrected chi connectivity index (χ1v) is 10.5. The number of ether oxygens (including phenoxy) is 1. The zero-order valence-corrected chi connectivity index (χ0v) is 16.1. The highest BCUT2D eigenvalue weighted by Crippen LogP contribution is 2.41. The van der Waals surface area contributed by atoms with Gasteiger partial charge in [-0.25, -0.2) is 18.4 Å². The lowest BCUT2D eigenvalue weighted by Gasteiger charge is -2.39. The number of hydrogen-bond acceptors (Lipinski definition) is 7. The lowest BCUT2D eigenvalue weighted by molar-refractivity contribution is 0.0985. The van der Waals surface area contributed by atoms with E-state index < -0.39 is 19.8 Å². The van der Waals surface area contributed by atoms with Crippen LogP contribution in [0.1, 0.15) is 39.3 Å². The van der Waals surface area contributed by atoms with Crippen LogP contribution in [0.15, 0.2) is 12.4 Å². The molecule has 1 aromatic rings. The third-order valence-corrected chi connectivity index (χ3v) is 8.31. The summed E-state index contributed by atoms with van der Waals surface area (Å²) in [6.45, 7) is 9.02. The first kappa shape index (κ1) is 18.5. The second-order valence-corrected chi connectivity index (χ2v) is 10.0. The van der Waals surface area contributed by atoms with Crippen molar-refractivity contribution in [3.05, 3.63) is 18.1 Å². The van der Waals surface area contributed by atoms with E-state index in [1.54, 1.807) is 13.8 Å². The van der Waals surface area contributed by atoms with Crippen molar-refractivity contribution < 1.29 is 13.2 Å². The molecule has 8 heteroatoms. The molecule has 2 saturated heterocycles. The minimum Gasteiger partial charge on any atom is -0.377 e. The fraction of sp³-hybridized carbons (Fsp3) is 0.765. The third-order valence-electron chi connectivity index (χ3n) is 5.36. The molecular formula is C17H28N4O3S. The van der Waals surface area contributed by atoms with Gasteiger partial charge in [-0.1, -0.05) is 0 Å². The van der Waals surface area contributed by atoms with Crippen LogP contribution in [0.25, 0.3) is 0 Å². The van der Waals surface area contributed by atoms with Crippen LogP contribution in [0.5, 0.6) is 0 Å².